The Kier molecular flexibility index (Phi) is 9.66. The Morgan fingerprint density at radius 3 is 1.21 bits per heavy atom. The van der Waals surface area contributed by atoms with Crippen molar-refractivity contribution in [2.24, 2.45) is 11.8 Å². The highest BCUT2D eigenvalue weighted by molar-refractivity contribution is 5.77. The van der Waals surface area contributed by atoms with Crippen LogP contribution in [0.15, 0.2) is 48.5 Å². The van der Waals surface area contributed by atoms with E-state index in [9.17, 15) is 19.8 Å². The molecule has 2 aromatic rings. The van der Waals surface area contributed by atoms with E-state index in [0.29, 0.717) is 26.4 Å². The van der Waals surface area contributed by atoms with Gasteiger partial charge in [0.25, 0.3) is 0 Å². The van der Waals surface area contributed by atoms with Crippen molar-refractivity contribution in [3.8, 4) is 0 Å². The Hall–Kier alpha value is -2.70. The molecule has 6 nitrogen and oxygen atoms in total. The predicted octanol–water partition coefficient (Wildman–Crippen LogP) is 5.18. The van der Waals surface area contributed by atoms with Gasteiger partial charge in [0.1, 0.15) is 0 Å². The molecule has 34 heavy (non-hydrogen) atoms. The molecule has 6 heteroatoms. The van der Waals surface area contributed by atoms with Gasteiger partial charge in [-0.25, -0.2) is 0 Å². The molecule has 2 aliphatic heterocycles. The number of benzene rings is 2. The minimum absolute atomic E-state index is 0.198. The van der Waals surface area contributed by atoms with Gasteiger partial charge in [0, 0.05) is 26.4 Å². The highest BCUT2D eigenvalue weighted by Gasteiger charge is 2.32. The third-order valence-electron chi connectivity index (χ3n) is 6.88. The van der Waals surface area contributed by atoms with Crippen molar-refractivity contribution < 1.29 is 29.3 Å². The van der Waals surface area contributed by atoms with Crippen molar-refractivity contribution in [2.75, 3.05) is 26.4 Å². The average Bonchev–Trinajstić information content (AvgIpc) is 2.83. The number of carboxylic acids is 2. The molecule has 4 rings (SSSR count). The van der Waals surface area contributed by atoms with Gasteiger partial charge in [0.15, 0.2) is 0 Å². The second-order valence-corrected chi connectivity index (χ2v) is 9.35. The van der Waals surface area contributed by atoms with Crippen LogP contribution >= 0.6 is 0 Å². The van der Waals surface area contributed by atoms with Gasteiger partial charge in [-0.15, -0.1) is 0 Å². The molecule has 184 valence electrons. The molecule has 2 heterocycles. The third kappa shape index (κ3) is 7.15. The maximum atomic E-state index is 11.4. The summed E-state index contributed by atoms with van der Waals surface area (Å²) >= 11 is 0. The smallest absolute Gasteiger partial charge is 0.311 e. The van der Waals surface area contributed by atoms with E-state index in [-0.39, 0.29) is 23.7 Å². The van der Waals surface area contributed by atoms with Gasteiger partial charge in [-0.2, -0.15) is 0 Å². The van der Waals surface area contributed by atoms with Crippen LogP contribution in [-0.2, 0) is 19.1 Å². The number of aliphatic carboxylic acids is 2. The molecular weight excluding hydrogens is 432 g/mol. The average molecular weight is 469 g/mol. The lowest BCUT2D eigenvalue weighted by Gasteiger charge is -2.27. The van der Waals surface area contributed by atoms with Crippen molar-refractivity contribution >= 4 is 11.9 Å². The first-order valence-corrected chi connectivity index (χ1v) is 12.1. The predicted molar refractivity (Wildman–Crippen MR) is 130 cm³/mol. The third-order valence-corrected chi connectivity index (χ3v) is 6.88. The molecule has 2 aromatic carbocycles. The first kappa shape index (κ1) is 25.9. The zero-order chi connectivity index (χ0) is 24.5. The van der Waals surface area contributed by atoms with Gasteiger partial charge in [0.05, 0.1) is 11.8 Å². The molecule has 2 aliphatic rings. The number of aryl methyl sites for hydroxylation is 2. The Morgan fingerprint density at radius 2 is 0.941 bits per heavy atom. The maximum absolute atomic E-state index is 11.4. The fourth-order valence-electron chi connectivity index (χ4n) is 4.88. The van der Waals surface area contributed by atoms with Crippen molar-refractivity contribution in [3.63, 3.8) is 0 Å². The number of carbonyl (C=O) groups is 2. The van der Waals surface area contributed by atoms with Crippen LogP contribution in [0.2, 0.25) is 0 Å². The molecule has 1 unspecified atom stereocenters. The summed E-state index contributed by atoms with van der Waals surface area (Å²) in [4.78, 5) is 22.9. The molecule has 0 amide bonds. The van der Waals surface area contributed by atoms with Gasteiger partial charge in [0.2, 0.25) is 0 Å². The van der Waals surface area contributed by atoms with Crippen LogP contribution in [-0.4, -0.2) is 48.6 Å². The summed E-state index contributed by atoms with van der Waals surface area (Å²) < 4.78 is 10.6. The second kappa shape index (κ2) is 12.7. The van der Waals surface area contributed by atoms with Gasteiger partial charge >= 0.3 is 11.9 Å². The molecule has 0 bridgehead atoms. The summed E-state index contributed by atoms with van der Waals surface area (Å²) in [6.07, 6.45) is 3.35. The Bertz CT molecular complexity index is 831. The summed E-state index contributed by atoms with van der Waals surface area (Å²) in [6.45, 7) is 6.74. The van der Waals surface area contributed by atoms with Crippen LogP contribution in [0.1, 0.15) is 59.8 Å². The normalized spacial score (nSPS) is 18.9. The zero-order valence-corrected chi connectivity index (χ0v) is 20.1. The molecule has 0 aromatic heterocycles. The molecular formula is C28H36O6. The molecule has 2 N–H and O–H groups in total. The minimum Gasteiger partial charge on any atom is -0.481 e. The highest BCUT2D eigenvalue weighted by Crippen LogP contribution is 2.33. The summed E-state index contributed by atoms with van der Waals surface area (Å²) in [5.41, 5.74) is 4.14. The fraction of sp³-hybridized carbons (Fsp3) is 0.500. The quantitative estimate of drug-likeness (QED) is 0.607. The topological polar surface area (TPSA) is 93.1 Å². The number of rotatable bonds is 6. The zero-order valence-electron chi connectivity index (χ0n) is 20.1. The lowest BCUT2D eigenvalue weighted by atomic mass is 9.81. The van der Waals surface area contributed by atoms with E-state index in [0.717, 1.165) is 47.9 Å². The van der Waals surface area contributed by atoms with Crippen LogP contribution < -0.4 is 0 Å². The molecule has 2 fully saturated rings. The summed E-state index contributed by atoms with van der Waals surface area (Å²) in [5.74, 6) is -1.83. The summed E-state index contributed by atoms with van der Waals surface area (Å²) in [5, 5.41) is 18.8. The molecule has 0 aliphatic carbocycles. The Balaban J connectivity index is 0.000000191. The largest absolute Gasteiger partial charge is 0.481 e. The van der Waals surface area contributed by atoms with Crippen molar-refractivity contribution in [1.82, 2.24) is 0 Å². The number of hydrogen-bond donors (Lipinski definition) is 2. The number of carboxylic acid groups (broad SMARTS) is 2. The van der Waals surface area contributed by atoms with Crippen molar-refractivity contribution in [3.05, 3.63) is 70.8 Å². The van der Waals surface area contributed by atoms with Gasteiger partial charge < -0.3 is 19.7 Å². The maximum Gasteiger partial charge on any atom is 0.311 e. The van der Waals surface area contributed by atoms with Crippen molar-refractivity contribution in [1.29, 1.82) is 0 Å². The van der Waals surface area contributed by atoms with Gasteiger partial charge in [-0.1, -0.05) is 59.7 Å². The van der Waals surface area contributed by atoms with E-state index in [1.165, 1.54) is 0 Å². The van der Waals surface area contributed by atoms with E-state index in [1.54, 1.807) is 0 Å². The molecule has 0 radical (unpaired) electrons. The first-order chi connectivity index (χ1) is 16.4. The molecule has 0 saturated carbocycles. The molecule has 2 atom stereocenters. The molecule has 0 spiro atoms. The summed E-state index contributed by atoms with van der Waals surface area (Å²) in [7, 11) is 0. The standard InChI is InChI=1S/2C14H18O3/c2*1-10-2-4-11(5-3-10)13(14(15)16)12-6-8-17-9-7-12/h2*2-5,12-13H,6-9H2,1H3,(H,15,16)/t13-;/m1./s1. The lowest BCUT2D eigenvalue weighted by molar-refractivity contribution is -0.142. The van der Waals surface area contributed by atoms with E-state index in [1.807, 2.05) is 62.4 Å². The molecule has 2 saturated heterocycles. The van der Waals surface area contributed by atoms with Crippen LogP contribution in [0.3, 0.4) is 0 Å². The summed E-state index contributed by atoms with van der Waals surface area (Å²) in [6, 6.07) is 15.6. The van der Waals surface area contributed by atoms with Crippen LogP contribution in [0, 0.1) is 25.7 Å². The van der Waals surface area contributed by atoms with E-state index in [4.69, 9.17) is 9.47 Å². The monoisotopic (exact) mass is 468 g/mol. The van der Waals surface area contributed by atoms with Crippen LogP contribution in [0.5, 0.6) is 0 Å². The fourth-order valence-corrected chi connectivity index (χ4v) is 4.88. The highest BCUT2D eigenvalue weighted by atomic mass is 16.5. The first-order valence-electron chi connectivity index (χ1n) is 12.1. The van der Waals surface area contributed by atoms with E-state index < -0.39 is 11.9 Å². The van der Waals surface area contributed by atoms with E-state index >= 15 is 0 Å². The van der Waals surface area contributed by atoms with Gasteiger partial charge in [-0.3, -0.25) is 9.59 Å². The number of ether oxygens (including phenoxy) is 2. The van der Waals surface area contributed by atoms with Crippen LogP contribution in [0.4, 0.5) is 0 Å². The second-order valence-electron chi connectivity index (χ2n) is 9.35. The number of hydrogen-bond acceptors (Lipinski definition) is 4. The van der Waals surface area contributed by atoms with Crippen LogP contribution in [0.25, 0.3) is 0 Å². The SMILES string of the molecule is Cc1ccc(C(C(=O)O)C2CCOCC2)cc1.Cc1ccc([C@@H](C(=O)O)C2CCOCC2)cc1. The Morgan fingerprint density at radius 1 is 0.647 bits per heavy atom. The minimum atomic E-state index is -0.722. The van der Waals surface area contributed by atoms with Crippen molar-refractivity contribution in [2.45, 2.75) is 51.4 Å². The lowest BCUT2D eigenvalue weighted by Crippen LogP contribution is -2.27. The Labute approximate surface area is 201 Å². The van der Waals surface area contributed by atoms with E-state index in [2.05, 4.69) is 0 Å². The van der Waals surface area contributed by atoms with Gasteiger partial charge in [-0.05, 0) is 62.5 Å².